The van der Waals surface area contributed by atoms with Gasteiger partial charge < -0.3 is 14.5 Å². The number of aromatic nitrogens is 2. The number of nitrogens with one attached hydrogen (secondary N) is 1. The lowest BCUT2D eigenvalue weighted by Crippen LogP contribution is -2.21. The third-order valence-electron chi connectivity index (χ3n) is 2.96. The van der Waals surface area contributed by atoms with Crippen molar-refractivity contribution in [1.29, 1.82) is 0 Å². The van der Waals surface area contributed by atoms with Crippen LogP contribution in [0.4, 0.5) is 0 Å². The molecule has 1 aromatic heterocycles. The zero-order valence-electron chi connectivity index (χ0n) is 12.2. The molecule has 0 aliphatic rings. The second-order valence-electron chi connectivity index (χ2n) is 4.97. The smallest absolute Gasteiger partial charge is 0.230 e. The lowest BCUT2D eigenvalue weighted by Gasteiger charge is -2.03. The van der Waals surface area contributed by atoms with E-state index in [1.807, 2.05) is 12.1 Å². The SMILES string of the molecule is COc1ccc(CCc2nnc(CNC(C)C)o2)cc1. The van der Waals surface area contributed by atoms with Gasteiger partial charge in [0.05, 0.1) is 13.7 Å². The van der Waals surface area contributed by atoms with Gasteiger partial charge in [-0.3, -0.25) is 0 Å². The Morgan fingerprint density at radius 1 is 1.10 bits per heavy atom. The minimum absolute atomic E-state index is 0.407. The second kappa shape index (κ2) is 7.05. The van der Waals surface area contributed by atoms with E-state index in [2.05, 4.69) is 41.5 Å². The van der Waals surface area contributed by atoms with Crippen LogP contribution in [-0.4, -0.2) is 23.3 Å². The topological polar surface area (TPSA) is 60.2 Å². The Bertz CT molecular complexity index is 520. The first-order valence-corrected chi connectivity index (χ1v) is 6.85. The predicted molar refractivity (Wildman–Crippen MR) is 76.7 cm³/mol. The molecule has 108 valence electrons. The fraction of sp³-hybridized carbons (Fsp3) is 0.467. The highest BCUT2D eigenvalue weighted by Crippen LogP contribution is 2.13. The molecule has 0 saturated carbocycles. The number of hydrogen-bond acceptors (Lipinski definition) is 5. The van der Waals surface area contributed by atoms with Crippen LogP contribution in [0.3, 0.4) is 0 Å². The monoisotopic (exact) mass is 275 g/mol. The molecule has 5 nitrogen and oxygen atoms in total. The van der Waals surface area contributed by atoms with Gasteiger partial charge in [0, 0.05) is 12.5 Å². The Balaban J connectivity index is 1.84. The zero-order valence-corrected chi connectivity index (χ0v) is 12.2. The molecule has 0 atom stereocenters. The molecular formula is C15H21N3O2. The summed E-state index contributed by atoms with van der Waals surface area (Å²) in [6.45, 7) is 4.79. The summed E-state index contributed by atoms with van der Waals surface area (Å²) in [5.74, 6) is 2.19. The van der Waals surface area contributed by atoms with Crippen molar-refractivity contribution in [3.63, 3.8) is 0 Å². The average molecular weight is 275 g/mol. The molecule has 1 N–H and O–H groups in total. The van der Waals surface area contributed by atoms with Crippen molar-refractivity contribution in [2.24, 2.45) is 0 Å². The number of aryl methyl sites for hydroxylation is 2. The Labute approximate surface area is 119 Å². The largest absolute Gasteiger partial charge is 0.497 e. The van der Waals surface area contributed by atoms with Crippen molar-refractivity contribution in [2.75, 3.05) is 7.11 Å². The molecular weight excluding hydrogens is 254 g/mol. The summed E-state index contributed by atoms with van der Waals surface area (Å²) in [6, 6.07) is 8.43. The molecule has 0 unspecified atom stereocenters. The molecule has 0 saturated heterocycles. The van der Waals surface area contributed by atoms with Crippen LogP contribution in [0.25, 0.3) is 0 Å². The van der Waals surface area contributed by atoms with Gasteiger partial charge in [-0.2, -0.15) is 0 Å². The highest BCUT2D eigenvalue weighted by atomic mass is 16.5. The predicted octanol–water partition coefficient (Wildman–Crippen LogP) is 2.36. The molecule has 0 spiro atoms. The Kier molecular flexibility index (Phi) is 5.12. The molecule has 1 heterocycles. The van der Waals surface area contributed by atoms with E-state index < -0.39 is 0 Å². The summed E-state index contributed by atoms with van der Waals surface area (Å²) in [6.07, 6.45) is 1.63. The van der Waals surface area contributed by atoms with Crippen LogP contribution in [0.15, 0.2) is 28.7 Å². The summed E-state index contributed by atoms with van der Waals surface area (Å²) in [4.78, 5) is 0. The van der Waals surface area contributed by atoms with Crippen LogP contribution in [0.1, 0.15) is 31.2 Å². The van der Waals surface area contributed by atoms with Crippen LogP contribution >= 0.6 is 0 Å². The van der Waals surface area contributed by atoms with Crippen LogP contribution in [0.5, 0.6) is 5.75 Å². The van der Waals surface area contributed by atoms with E-state index in [4.69, 9.17) is 9.15 Å². The van der Waals surface area contributed by atoms with Gasteiger partial charge in [0.1, 0.15) is 5.75 Å². The fourth-order valence-corrected chi connectivity index (χ4v) is 1.80. The molecule has 0 radical (unpaired) electrons. The number of nitrogens with zero attached hydrogens (tertiary/aromatic N) is 2. The highest BCUT2D eigenvalue weighted by Gasteiger charge is 2.06. The lowest BCUT2D eigenvalue weighted by atomic mass is 10.1. The molecule has 2 aromatic rings. The van der Waals surface area contributed by atoms with E-state index in [0.29, 0.717) is 24.4 Å². The van der Waals surface area contributed by atoms with E-state index in [9.17, 15) is 0 Å². The van der Waals surface area contributed by atoms with Gasteiger partial charge in [-0.05, 0) is 24.1 Å². The van der Waals surface area contributed by atoms with Gasteiger partial charge in [0.2, 0.25) is 11.8 Å². The van der Waals surface area contributed by atoms with Crippen molar-refractivity contribution in [3.05, 3.63) is 41.6 Å². The minimum Gasteiger partial charge on any atom is -0.497 e. The van der Waals surface area contributed by atoms with Crippen molar-refractivity contribution in [3.8, 4) is 5.75 Å². The number of methoxy groups -OCH3 is 1. The highest BCUT2D eigenvalue weighted by molar-refractivity contribution is 5.27. The van der Waals surface area contributed by atoms with Gasteiger partial charge in [0.25, 0.3) is 0 Å². The Morgan fingerprint density at radius 3 is 2.45 bits per heavy atom. The first-order chi connectivity index (χ1) is 9.67. The fourth-order valence-electron chi connectivity index (χ4n) is 1.80. The lowest BCUT2D eigenvalue weighted by molar-refractivity contribution is 0.414. The number of rotatable bonds is 7. The van der Waals surface area contributed by atoms with E-state index in [0.717, 1.165) is 18.6 Å². The molecule has 20 heavy (non-hydrogen) atoms. The van der Waals surface area contributed by atoms with Crippen LogP contribution in [0.2, 0.25) is 0 Å². The molecule has 0 fully saturated rings. The zero-order chi connectivity index (χ0) is 14.4. The van der Waals surface area contributed by atoms with Crippen LogP contribution in [-0.2, 0) is 19.4 Å². The molecule has 0 aliphatic heterocycles. The van der Waals surface area contributed by atoms with Crippen molar-refractivity contribution in [1.82, 2.24) is 15.5 Å². The molecule has 5 heteroatoms. The quantitative estimate of drug-likeness (QED) is 0.840. The van der Waals surface area contributed by atoms with Gasteiger partial charge in [-0.15, -0.1) is 10.2 Å². The van der Waals surface area contributed by atoms with Gasteiger partial charge in [-0.1, -0.05) is 26.0 Å². The molecule has 2 rings (SSSR count). The first kappa shape index (κ1) is 14.5. The summed E-state index contributed by atoms with van der Waals surface area (Å²) in [5.41, 5.74) is 1.23. The first-order valence-electron chi connectivity index (χ1n) is 6.85. The van der Waals surface area contributed by atoms with Gasteiger partial charge in [0.15, 0.2) is 0 Å². The third kappa shape index (κ3) is 4.35. The standard InChI is InChI=1S/C15H21N3O2/c1-11(2)16-10-15-18-17-14(20-15)9-6-12-4-7-13(19-3)8-5-12/h4-5,7-8,11,16H,6,9-10H2,1-3H3. The average Bonchev–Trinajstić information content (AvgIpc) is 2.91. The van der Waals surface area contributed by atoms with Gasteiger partial charge in [-0.25, -0.2) is 0 Å². The molecule has 1 aromatic carbocycles. The van der Waals surface area contributed by atoms with E-state index in [-0.39, 0.29) is 0 Å². The third-order valence-corrected chi connectivity index (χ3v) is 2.96. The van der Waals surface area contributed by atoms with E-state index in [1.165, 1.54) is 5.56 Å². The van der Waals surface area contributed by atoms with Gasteiger partial charge >= 0.3 is 0 Å². The van der Waals surface area contributed by atoms with E-state index in [1.54, 1.807) is 7.11 Å². The van der Waals surface area contributed by atoms with Crippen LogP contribution < -0.4 is 10.1 Å². The summed E-state index contributed by atoms with van der Waals surface area (Å²) in [5, 5.41) is 11.3. The maximum Gasteiger partial charge on any atom is 0.230 e. The molecule has 0 amide bonds. The van der Waals surface area contributed by atoms with Crippen molar-refractivity contribution in [2.45, 2.75) is 39.3 Å². The summed E-state index contributed by atoms with van der Waals surface area (Å²) in [7, 11) is 1.67. The Morgan fingerprint density at radius 2 is 1.80 bits per heavy atom. The molecule has 0 bridgehead atoms. The minimum atomic E-state index is 0.407. The maximum absolute atomic E-state index is 5.59. The summed E-state index contributed by atoms with van der Waals surface area (Å²) < 4.78 is 10.7. The normalized spacial score (nSPS) is 11.0. The molecule has 0 aliphatic carbocycles. The maximum atomic E-state index is 5.59. The Hall–Kier alpha value is -1.88. The number of benzene rings is 1. The van der Waals surface area contributed by atoms with Crippen molar-refractivity contribution >= 4 is 0 Å². The van der Waals surface area contributed by atoms with E-state index >= 15 is 0 Å². The second-order valence-corrected chi connectivity index (χ2v) is 4.97. The summed E-state index contributed by atoms with van der Waals surface area (Å²) >= 11 is 0. The van der Waals surface area contributed by atoms with Crippen LogP contribution in [0, 0.1) is 0 Å². The number of ether oxygens (including phenoxy) is 1. The van der Waals surface area contributed by atoms with Crippen molar-refractivity contribution < 1.29 is 9.15 Å². The number of hydrogen-bond donors (Lipinski definition) is 1.